The van der Waals surface area contributed by atoms with E-state index >= 15 is 0 Å². The molecule has 2 aromatic rings. The molecular formula is C28H34Cl2N2O6S. The molecule has 212 valence electrons. The number of methoxy groups -OCH3 is 2. The van der Waals surface area contributed by atoms with Gasteiger partial charge in [0.25, 0.3) is 0 Å². The largest absolute Gasteiger partial charge is 0.493 e. The van der Waals surface area contributed by atoms with Gasteiger partial charge in [-0.3, -0.25) is 4.79 Å². The van der Waals surface area contributed by atoms with Gasteiger partial charge in [-0.05, 0) is 61.4 Å². The number of nitrogens with zero attached hydrogens (tertiary/aromatic N) is 2. The third-order valence-corrected chi connectivity index (χ3v) is 10.3. The van der Waals surface area contributed by atoms with Gasteiger partial charge < -0.3 is 19.1 Å². The molecule has 1 heterocycles. The second-order valence-corrected chi connectivity index (χ2v) is 12.7. The number of sulfonamides is 1. The standard InChI is InChI=1S/C28H34Cl2N2O6S/c1-6-19-11-25-24(17(19)2)16-31(9-10-38-22-7-8-26(36-4)27(15-22)37-5)28(33)18(3)32(25)39(34,35)23-13-20(29)12-21(30)14-23/h6-8,12-15,17-19,24-25H,1,9-11,16H2,2-5H3. The molecule has 0 spiro atoms. The van der Waals surface area contributed by atoms with Crippen LogP contribution in [-0.2, 0) is 14.8 Å². The number of hydrogen-bond donors (Lipinski definition) is 0. The molecule has 8 nitrogen and oxygen atoms in total. The quantitative estimate of drug-likeness (QED) is 0.373. The van der Waals surface area contributed by atoms with Gasteiger partial charge in [0.1, 0.15) is 18.4 Å². The zero-order valence-corrected chi connectivity index (χ0v) is 24.8. The maximum Gasteiger partial charge on any atom is 0.244 e. The molecule has 1 saturated heterocycles. The smallest absolute Gasteiger partial charge is 0.244 e. The zero-order chi connectivity index (χ0) is 28.5. The van der Waals surface area contributed by atoms with Crippen molar-refractivity contribution in [2.75, 3.05) is 33.9 Å². The van der Waals surface area contributed by atoms with Gasteiger partial charge in [0.2, 0.25) is 15.9 Å². The van der Waals surface area contributed by atoms with E-state index in [1.165, 1.54) is 22.5 Å². The number of ether oxygens (including phenoxy) is 3. The highest BCUT2D eigenvalue weighted by Crippen LogP contribution is 2.45. The molecule has 5 unspecified atom stereocenters. The lowest BCUT2D eigenvalue weighted by Gasteiger charge is -2.33. The fourth-order valence-corrected chi connectivity index (χ4v) is 8.36. The van der Waals surface area contributed by atoms with Crippen molar-refractivity contribution >= 4 is 39.1 Å². The highest BCUT2D eigenvalue weighted by molar-refractivity contribution is 7.89. The number of allylic oxidation sites excluding steroid dienone is 1. The average Bonchev–Trinajstić information content (AvgIpc) is 3.15. The fraction of sp³-hybridized carbons (Fsp3) is 0.464. The summed E-state index contributed by atoms with van der Waals surface area (Å²) in [7, 11) is -0.991. The number of benzene rings is 2. The first-order valence-electron chi connectivity index (χ1n) is 12.8. The van der Waals surface area contributed by atoms with Crippen LogP contribution in [0.4, 0.5) is 0 Å². The molecule has 1 aliphatic heterocycles. The molecule has 2 fully saturated rings. The Kier molecular flexibility index (Phi) is 9.05. The molecule has 4 rings (SSSR count). The molecule has 0 bridgehead atoms. The summed E-state index contributed by atoms with van der Waals surface area (Å²) in [5.41, 5.74) is 0. The number of rotatable bonds is 9. The van der Waals surface area contributed by atoms with E-state index in [1.807, 2.05) is 6.08 Å². The predicted octanol–water partition coefficient (Wildman–Crippen LogP) is 5.14. The number of carbonyl (C=O) groups is 1. The number of amides is 1. The molecule has 0 aromatic heterocycles. The molecule has 2 aromatic carbocycles. The third-order valence-electron chi connectivity index (χ3n) is 7.87. The molecule has 1 amide bonds. The van der Waals surface area contributed by atoms with E-state index in [1.54, 1.807) is 44.2 Å². The molecular weight excluding hydrogens is 563 g/mol. The number of carbonyl (C=O) groups excluding carboxylic acids is 1. The first kappa shape index (κ1) is 29.5. The minimum atomic E-state index is -4.10. The van der Waals surface area contributed by atoms with E-state index in [9.17, 15) is 13.2 Å². The topological polar surface area (TPSA) is 85.4 Å². The molecule has 5 atom stereocenters. The molecule has 0 radical (unpaired) electrons. The maximum atomic E-state index is 14.0. The van der Waals surface area contributed by atoms with Crippen LogP contribution in [0.1, 0.15) is 20.3 Å². The number of halogens is 2. The van der Waals surface area contributed by atoms with E-state index in [0.717, 1.165) is 0 Å². The van der Waals surface area contributed by atoms with Gasteiger partial charge in [0.05, 0.1) is 25.7 Å². The normalized spacial score (nSPS) is 25.6. The minimum absolute atomic E-state index is 0.0293. The highest BCUT2D eigenvalue weighted by Gasteiger charge is 2.52. The Labute approximate surface area is 240 Å². The second kappa shape index (κ2) is 12.0. The minimum Gasteiger partial charge on any atom is -0.493 e. The molecule has 1 aliphatic carbocycles. The summed E-state index contributed by atoms with van der Waals surface area (Å²) in [6, 6.07) is 8.14. The Morgan fingerprint density at radius 2 is 1.72 bits per heavy atom. The molecule has 39 heavy (non-hydrogen) atoms. The van der Waals surface area contributed by atoms with Crippen LogP contribution in [0.25, 0.3) is 0 Å². The van der Waals surface area contributed by atoms with Gasteiger partial charge in [-0.2, -0.15) is 4.31 Å². The first-order valence-corrected chi connectivity index (χ1v) is 15.0. The van der Waals surface area contributed by atoms with E-state index < -0.39 is 16.1 Å². The zero-order valence-electron chi connectivity index (χ0n) is 22.5. The summed E-state index contributed by atoms with van der Waals surface area (Å²) in [5, 5.41) is 0.424. The van der Waals surface area contributed by atoms with Crippen molar-refractivity contribution in [3.05, 3.63) is 59.1 Å². The van der Waals surface area contributed by atoms with E-state index in [0.29, 0.717) is 36.8 Å². The van der Waals surface area contributed by atoms with Crippen LogP contribution in [-0.4, -0.2) is 69.5 Å². The van der Waals surface area contributed by atoms with Crippen LogP contribution in [0, 0.1) is 17.8 Å². The summed E-state index contributed by atoms with van der Waals surface area (Å²) >= 11 is 12.3. The number of fused-ring (bicyclic) bond motifs is 1. The van der Waals surface area contributed by atoms with Gasteiger partial charge >= 0.3 is 0 Å². The van der Waals surface area contributed by atoms with Gasteiger partial charge in [0.15, 0.2) is 11.5 Å². The average molecular weight is 598 g/mol. The first-order chi connectivity index (χ1) is 18.5. The van der Waals surface area contributed by atoms with Crippen LogP contribution in [0.2, 0.25) is 10.0 Å². The van der Waals surface area contributed by atoms with Crippen LogP contribution in [0.5, 0.6) is 17.2 Å². The van der Waals surface area contributed by atoms with Gasteiger partial charge in [0, 0.05) is 28.7 Å². The Bertz CT molecular complexity index is 1320. The van der Waals surface area contributed by atoms with Crippen LogP contribution in [0.15, 0.2) is 53.9 Å². The van der Waals surface area contributed by atoms with Crippen LogP contribution < -0.4 is 14.2 Å². The lowest BCUT2D eigenvalue weighted by Crippen LogP contribution is -2.50. The molecule has 1 saturated carbocycles. The SMILES string of the molecule is C=CC1CC2C(CN(CCOc3ccc(OC)c(OC)c3)C(=O)C(C)N2S(=O)(=O)c2cc(Cl)cc(Cl)c2)C1C. The van der Waals surface area contributed by atoms with Crippen molar-refractivity contribution < 1.29 is 27.4 Å². The molecule has 11 heteroatoms. The Hall–Kier alpha value is -2.46. The van der Waals surface area contributed by atoms with Crippen molar-refractivity contribution in [1.29, 1.82) is 0 Å². The Morgan fingerprint density at radius 1 is 1.05 bits per heavy atom. The fourth-order valence-electron chi connectivity index (χ4n) is 5.80. The molecule has 0 N–H and O–H groups in total. The van der Waals surface area contributed by atoms with Gasteiger partial charge in [-0.1, -0.05) is 36.2 Å². The van der Waals surface area contributed by atoms with Crippen LogP contribution in [0.3, 0.4) is 0 Å². The summed E-state index contributed by atoms with van der Waals surface area (Å²) in [5.74, 6) is 1.57. The van der Waals surface area contributed by atoms with E-state index in [-0.39, 0.29) is 51.3 Å². The van der Waals surface area contributed by atoms with Crippen molar-refractivity contribution in [3.8, 4) is 17.2 Å². The summed E-state index contributed by atoms with van der Waals surface area (Å²) in [4.78, 5) is 15.4. The maximum absolute atomic E-state index is 14.0. The van der Waals surface area contributed by atoms with Crippen molar-refractivity contribution in [2.24, 2.45) is 17.8 Å². The summed E-state index contributed by atoms with van der Waals surface area (Å²) < 4.78 is 46.0. The second-order valence-electron chi connectivity index (χ2n) is 9.99. The lowest BCUT2D eigenvalue weighted by atomic mass is 9.90. The third kappa shape index (κ3) is 5.87. The van der Waals surface area contributed by atoms with Gasteiger partial charge in [-0.25, -0.2) is 8.42 Å². The Balaban J connectivity index is 1.62. The van der Waals surface area contributed by atoms with Crippen LogP contribution >= 0.6 is 23.2 Å². The van der Waals surface area contributed by atoms with Crippen molar-refractivity contribution in [3.63, 3.8) is 0 Å². The van der Waals surface area contributed by atoms with E-state index in [4.69, 9.17) is 37.4 Å². The summed E-state index contributed by atoms with van der Waals surface area (Å²) in [6.07, 6.45) is 2.47. The van der Waals surface area contributed by atoms with Gasteiger partial charge in [-0.15, -0.1) is 6.58 Å². The number of hydrogen-bond acceptors (Lipinski definition) is 6. The monoisotopic (exact) mass is 596 g/mol. The van der Waals surface area contributed by atoms with Crippen molar-refractivity contribution in [2.45, 2.75) is 37.2 Å². The van der Waals surface area contributed by atoms with Crippen molar-refractivity contribution in [1.82, 2.24) is 9.21 Å². The molecule has 2 aliphatic rings. The highest BCUT2D eigenvalue weighted by atomic mass is 35.5. The van der Waals surface area contributed by atoms with E-state index in [2.05, 4.69) is 13.5 Å². The Morgan fingerprint density at radius 3 is 2.33 bits per heavy atom. The lowest BCUT2D eigenvalue weighted by molar-refractivity contribution is -0.134. The summed E-state index contributed by atoms with van der Waals surface area (Å²) in [6.45, 7) is 8.65. The predicted molar refractivity (Wildman–Crippen MR) is 151 cm³/mol.